The quantitative estimate of drug-likeness (QED) is 0.866. The minimum atomic E-state index is -0.378. The van der Waals surface area contributed by atoms with E-state index in [9.17, 15) is 4.79 Å². The van der Waals surface area contributed by atoms with Crippen LogP contribution in [0.2, 0.25) is 0 Å². The lowest BCUT2D eigenvalue weighted by molar-refractivity contribution is 0.0599. The molecule has 2 aromatic heterocycles. The zero-order valence-corrected chi connectivity index (χ0v) is 12.1. The van der Waals surface area contributed by atoms with Gasteiger partial charge in [-0.15, -0.1) is 0 Å². The average molecular weight is 274 g/mol. The summed E-state index contributed by atoms with van der Waals surface area (Å²) < 4.78 is 6.46. The smallest absolute Gasteiger partial charge is 0.339 e. The van der Waals surface area contributed by atoms with E-state index in [1.807, 2.05) is 20.2 Å². The molecule has 2 rings (SSSR count). The maximum absolute atomic E-state index is 11.5. The third kappa shape index (κ3) is 2.79. The molecule has 1 N–H and O–H groups in total. The monoisotopic (exact) mass is 274 g/mol. The van der Waals surface area contributed by atoms with Crippen molar-refractivity contribution in [3.8, 4) is 0 Å². The third-order valence-electron chi connectivity index (χ3n) is 2.99. The molecular formula is C14H18N4O2. The normalized spacial score (nSPS) is 10.4. The fraction of sp³-hybridized carbons (Fsp3) is 0.357. The van der Waals surface area contributed by atoms with Crippen molar-refractivity contribution in [1.29, 1.82) is 0 Å². The molecule has 0 radical (unpaired) electrons. The van der Waals surface area contributed by atoms with Gasteiger partial charge in [-0.1, -0.05) is 6.92 Å². The van der Waals surface area contributed by atoms with Crippen molar-refractivity contribution in [3.63, 3.8) is 0 Å². The van der Waals surface area contributed by atoms with Crippen LogP contribution < -0.4 is 5.32 Å². The van der Waals surface area contributed by atoms with E-state index in [-0.39, 0.29) is 5.97 Å². The Balaban J connectivity index is 2.26. The molecule has 0 aliphatic carbocycles. The molecule has 0 saturated heterocycles. The van der Waals surface area contributed by atoms with Crippen LogP contribution in [0.4, 0.5) is 11.5 Å². The summed E-state index contributed by atoms with van der Waals surface area (Å²) in [5.41, 5.74) is 3.00. The zero-order chi connectivity index (χ0) is 14.7. The van der Waals surface area contributed by atoms with E-state index < -0.39 is 0 Å². The van der Waals surface area contributed by atoms with E-state index in [2.05, 4.69) is 15.4 Å². The number of ether oxygens (including phenoxy) is 1. The Kier molecular flexibility index (Phi) is 4.02. The van der Waals surface area contributed by atoms with Gasteiger partial charge in [0, 0.05) is 13.2 Å². The van der Waals surface area contributed by atoms with Crippen LogP contribution in [-0.4, -0.2) is 27.8 Å². The Morgan fingerprint density at radius 3 is 2.80 bits per heavy atom. The molecule has 6 nitrogen and oxygen atoms in total. The largest absolute Gasteiger partial charge is 0.465 e. The summed E-state index contributed by atoms with van der Waals surface area (Å²) in [5, 5.41) is 7.58. The average Bonchev–Trinajstić information content (AvgIpc) is 2.78. The molecule has 0 aliphatic rings. The Bertz CT molecular complexity index is 634. The van der Waals surface area contributed by atoms with Crippen LogP contribution in [-0.2, 0) is 18.2 Å². The Morgan fingerprint density at radius 1 is 1.45 bits per heavy atom. The molecular weight excluding hydrogens is 256 g/mol. The van der Waals surface area contributed by atoms with Gasteiger partial charge in [0.1, 0.15) is 5.82 Å². The highest BCUT2D eigenvalue weighted by atomic mass is 16.5. The zero-order valence-electron chi connectivity index (χ0n) is 12.1. The minimum absolute atomic E-state index is 0.378. The van der Waals surface area contributed by atoms with Gasteiger partial charge < -0.3 is 10.1 Å². The van der Waals surface area contributed by atoms with Crippen LogP contribution in [0, 0.1) is 6.92 Å². The van der Waals surface area contributed by atoms with Crippen LogP contribution in [0.5, 0.6) is 0 Å². The highest BCUT2D eigenvalue weighted by Crippen LogP contribution is 2.20. The van der Waals surface area contributed by atoms with E-state index >= 15 is 0 Å². The fourth-order valence-corrected chi connectivity index (χ4v) is 1.99. The number of aromatic nitrogens is 3. The molecule has 0 spiro atoms. The standard InChI is InChI=1S/C14H18N4O2/c1-5-11-12(8-18(3)17-11)16-13-7-6-10(9(2)15-13)14(19)20-4/h6-8H,5H2,1-4H3,(H,15,16). The first-order chi connectivity index (χ1) is 9.55. The van der Waals surface area contributed by atoms with Crippen LogP contribution in [0.3, 0.4) is 0 Å². The number of carbonyl (C=O) groups is 1. The predicted octanol–water partition coefficient (Wildman–Crippen LogP) is 2.22. The number of nitrogens with one attached hydrogen (secondary N) is 1. The number of carbonyl (C=O) groups excluding carboxylic acids is 1. The second-order valence-electron chi connectivity index (χ2n) is 4.46. The molecule has 0 aliphatic heterocycles. The van der Waals surface area contributed by atoms with Crippen molar-refractivity contribution in [1.82, 2.24) is 14.8 Å². The summed E-state index contributed by atoms with van der Waals surface area (Å²) in [6.07, 6.45) is 2.74. The summed E-state index contributed by atoms with van der Waals surface area (Å²) in [5.74, 6) is 0.301. The lowest BCUT2D eigenvalue weighted by atomic mass is 10.2. The number of hydrogen-bond donors (Lipinski definition) is 1. The predicted molar refractivity (Wildman–Crippen MR) is 76.2 cm³/mol. The van der Waals surface area contributed by atoms with E-state index in [0.29, 0.717) is 17.1 Å². The molecule has 6 heteroatoms. The topological polar surface area (TPSA) is 69.0 Å². The van der Waals surface area contributed by atoms with Crippen LogP contribution in [0.1, 0.15) is 28.7 Å². The van der Waals surface area contributed by atoms with Crippen LogP contribution in [0.15, 0.2) is 18.3 Å². The lowest BCUT2D eigenvalue weighted by Gasteiger charge is -2.08. The van der Waals surface area contributed by atoms with Gasteiger partial charge in [-0.2, -0.15) is 5.10 Å². The molecule has 2 aromatic rings. The number of methoxy groups -OCH3 is 1. The highest BCUT2D eigenvalue weighted by Gasteiger charge is 2.12. The maximum Gasteiger partial charge on any atom is 0.339 e. The molecule has 0 atom stereocenters. The first kappa shape index (κ1) is 14.0. The summed E-state index contributed by atoms with van der Waals surface area (Å²) >= 11 is 0. The van der Waals surface area contributed by atoms with Crippen molar-refractivity contribution >= 4 is 17.5 Å². The Morgan fingerprint density at radius 2 is 2.20 bits per heavy atom. The van der Waals surface area contributed by atoms with E-state index in [0.717, 1.165) is 17.8 Å². The molecule has 106 valence electrons. The van der Waals surface area contributed by atoms with Gasteiger partial charge in [0.15, 0.2) is 0 Å². The van der Waals surface area contributed by atoms with Gasteiger partial charge in [-0.25, -0.2) is 9.78 Å². The molecule has 0 amide bonds. The van der Waals surface area contributed by atoms with Gasteiger partial charge in [0.05, 0.1) is 29.7 Å². The summed E-state index contributed by atoms with van der Waals surface area (Å²) in [6, 6.07) is 3.46. The number of pyridine rings is 1. The maximum atomic E-state index is 11.5. The summed E-state index contributed by atoms with van der Waals surface area (Å²) in [7, 11) is 3.24. The Labute approximate surface area is 117 Å². The molecule has 2 heterocycles. The number of esters is 1. The number of aryl methyl sites for hydroxylation is 3. The van der Waals surface area contributed by atoms with Gasteiger partial charge in [0.25, 0.3) is 0 Å². The number of anilines is 2. The second kappa shape index (κ2) is 5.73. The van der Waals surface area contributed by atoms with E-state index in [4.69, 9.17) is 4.74 Å². The van der Waals surface area contributed by atoms with Crippen LogP contribution in [0.25, 0.3) is 0 Å². The summed E-state index contributed by atoms with van der Waals surface area (Å²) in [4.78, 5) is 15.9. The first-order valence-electron chi connectivity index (χ1n) is 6.40. The SMILES string of the molecule is CCc1nn(C)cc1Nc1ccc(C(=O)OC)c(C)n1. The minimum Gasteiger partial charge on any atom is -0.465 e. The van der Waals surface area contributed by atoms with Crippen molar-refractivity contribution < 1.29 is 9.53 Å². The molecule has 0 fully saturated rings. The molecule has 0 aromatic carbocycles. The number of hydrogen-bond acceptors (Lipinski definition) is 5. The van der Waals surface area contributed by atoms with E-state index in [1.54, 1.807) is 23.7 Å². The lowest BCUT2D eigenvalue weighted by Crippen LogP contribution is -2.06. The van der Waals surface area contributed by atoms with Crippen molar-refractivity contribution in [2.24, 2.45) is 7.05 Å². The van der Waals surface area contributed by atoms with Crippen molar-refractivity contribution in [3.05, 3.63) is 35.3 Å². The molecule has 0 bridgehead atoms. The molecule has 0 saturated carbocycles. The van der Waals surface area contributed by atoms with Gasteiger partial charge in [-0.3, -0.25) is 4.68 Å². The van der Waals surface area contributed by atoms with E-state index in [1.165, 1.54) is 7.11 Å². The Hall–Kier alpha value is -2.37. The summed E-state index contributed by atoms with van der Waals surface area (Å²) in [6.45, 7) is 3.83. The van der Waals surface area contributed by atoms with Gasteiger partial charge >= 0.3 is 5.97 Å². The fourth-order valence-electron chi connectivity index (χ4n) is 1.99. The van der Waals surface area contributed by atoms with Crippen molar-refractivity contribution in [2.45, 2.75) is 20.3 Å². The number of nitrogens with zero attached hydrogens (tertiary/aromatic N) is 3. The number of rotatable bonds is 4. The molecule has 20 heavy (non-hydrogen) atoms. The van der Waals surface area contributed by atoms with Gasteiger partial charge in [0.2, 0.25) is 0 Å². The highest BCUT2D eigenvalue weighted by molar-refractivity contribution is 5.90. The van der Waals surface area contributed by atoms with Crippen molar-refractivity contribution in [2.75, 3.05) is 12.4 Å². The first-order valence-corrected chi connectivity index (χ1v) is 6.40. The van der Waals surface area contributed by atoms with Gasteiger partial charge in [-0.05, 0) is 25.5 Å². The third-order valence-corrected chi connectivity index (χ3v) is 2.99. The second-order valence-corrected chi connectivity index (χ2v) is 4.46. The van der Waals surface area contributed by atoms with Crippen LogP contribution >= 0.6 is 0 Å². The molecule has 0 unspecified atom stereocenters.